The number of imidazole rings is 1. The van der Waals surface area contributed by atoms with Crippen LogP contribution in [0.15, 0.2) is 23.0 Å². The third kappa shape index (κ3) is 1.76. The van der Waals surface area contributed by atoms with Gasteiger partial charge >= 0.3 is 5.69 Å². The van der Waals surface area contributed by atoms with Gasteiger partial charge in [0.25, 0.3) is 0 Å². The lowest BCUT2D eigenvalue weighted by Gasteiger charge is -2.23. The van der Waals surface area contributed by atoms with Crippen LogP contribution in [0.25, 0.3) is 11.0 Å². The zero-order chi connectivity index (χ0) is 11.8. The first-order chi connectivity index (χ1) is 8.25. The van der Waals surface area contributed by atoms with Crippen molar-refractivity contribution in [3.05, 3.63) is 34.5 Å². The molecule has 90 valence electrons. The molecule has 17 heavy (non-hydrogen) atoms. The van der Waals surface area contributed by atoms with Crippen LogP contribution in [0, 0.1) is 5.82 Å². The van der Waals surface area contributed by atoms with Crippen molar-refractivity contribution in [2.75, 3.05) is 6.61 Å². The predicted molar refractivity (Wildman–Crippen MR) is 61.4 cm³/mol. The number of benzene rings is 1. The SMILES string of the molecule is O=c1[nH]c2cc(F)ccc2n1C1CCCCO1. The second-order valence-corrected chi connectivity index (χ2v) is 4.28. The number of aromatic nitrogens is 2. The summed E-state index contributed by atoms with van der Waals surface area (Å²) in [5.41, 5.74) is 0.977. The molecule has 1 aromatic heterocycles. The summed E-state index contributed by atoms with van der Waals surface area (Å²) in [5.74, 6) is -0.351. The molecular weight excluding hydrogens is 223 g/mol. The average molecular weight is 236 g/mol. The van der Waals surface area contributed by atoms with Crippen molar-refractivity contribution in [2.24, 2.45) is 0 Å². The van der Waals surface area contributed by atoms with E-state index in [1.165, 1.54) is 12.1 Å². The summed E-state index contributed by atoms with van der Waals surface area (Å²) >= 11 is 0. The number of fused-ring (bicyclic) bond motifs is 1. The van der Waals surface area contributed by atoms with Gasteiger partial charge in [0.05, 0.1) is 11.0 Å². The Morgan fingerprint density at radius 3 is 3.06 bits per heavy atom. The molecule has 0 amide bonds. The first-order valence-electron chi connectivity index (χ1n) is 5.77. The number of hydrogen-bond acceptors (Lipinski definition) is 2. The van der Waals surface area contributed by atoms with Gasteiger partial charge in [0.1, 0.15) is 12.0 Å². The maximum atomic E-state index is 13.1. The first kappa shape index (κ1) is 10.5. The summed E-state index contributed by atoms with van der Waals surface area (Å²) in [6.45, 7) is 0.672. The van der Waals surface area contributed by atoms with Crippen molar-refractivity contribution in [3.8, 4) is 0 Å². The molecule has 2 aromatic rings. The monoisotopic (exact) mass is 236 g/mol. The Morgan fingerprint density at radius 2 is 2.29 bits per heavy atom. The standard InChI is InChI=1S/C12H13FN2O2/c13-8-4-5-10-9(7-8)14-12(16)15(10)11-3-1-2-6-17-11/h4-5,7,11H,1-3,6H2,(H,14,16). The summed E-state index contributed by atoms with van der Waals surface area (Å²) in [4.78, 5) is 14.5. The fraction of sp³-hybridized carbons (Fsp3) is 0.417. The van der Waals surface area contributed by atoms with Crippen molar-refractivity contribution in [3.63, 3.8) is 0 Å². The van der Waals surface area contributed by atoms with Crippen LogP contribution in [-0.2, 0) is 4.74 Å². The molecule has 0 spiro atoms. The minimum atomic E-state index is -0.351. The molecule has 1 aliphatic heterocycles. The second-order valence-electron chi connectivity index (χ2n) is 4.28. The van der Waals surface area contributed by atoms with E-state index in [1.54, 1.807) is 10.6 Å². The first-order valence-corrected chi connectivity index (χ1v) is 5.77. The van der Waals surface area contributed by atoms with E-state index in [0.29, 0.717) is 17.6 Å². The van der Waals surface area contributed by atoms with Gasteiger partial charge in [0.2, 0.25) is 0 Å². The topological polar surface area (TPSA) is 47.0 Å². The minimum absolute atomic E-state index is 0.226. The minimum Gasteiger partial charge on any atom is -0.358 e. The van der Waals surface area contributed by atoms with Crippen LogP contribution in [-0.4, -0.2) is 16.2 Å². The van der Waals surface area contributed by atoms with E-state index in [-0.39, 0.29) is 17.7 Å². The molecule has 3 rings (SSSR count). The van der Waals surface area contributed by atoms with Gasteiger partial charge in [-0.25, -0.2) is 9.18 Å². The number of hydrogen-bond donors (Lipinski definition) is 1. The van der Waals surface area contributed by atoms with E-state index in [4.69, 9.17) is 4.74 Å². The number of rotatable bonds is 1. The number of halogens is 1. The molecule has 0 aliphatic carbocycles. The quantitative estimate of drug-likeness (QED) is 0.824. The lowest BCUT2D eigenvalue weighted by molar-refractivity contribution is -0.0313. The molecule has 1 unspecified atom stereocenters. The Balaban J connectivity index is 2.14. The third-order valence-corrected chi connectivity index (χ3v) is 3.12. The normalized spacial score (nSPS) is 20.9. The zero-order valence-electron chi connectivity index (χ0n) is 9.28. The highest BCUT2D eigenvalue weighted by Crippen LogP contribution is 2.24. The molecular formula is C12H13FN2O2. The third-order valence-electron chi connectivity index (χ3n) is 3.12. The highest BCUT2D eigenvalue weighted by Gasteiger charge is 2.20. The Kier molecular flexibility index (Phi) is 2.48. The van der Waals surface area contributed by atoms with Crippen molar-refractivity contribution in [1.82, 2.24) is 9.55 Å². The summed E-state index contributed by atoms with van der Waals surface area (Å²) in [6, 6.07) is 4.30. The van der Waals surface area contributed by atoms with Crippen molar-refractivity contribution in [2.45, 2.75) is 25.5 Å². The molecule has 1 N–H and O–H groups in total. The van der Waals surface area contributed by atoms with Gasteiger partial charge in [-0.3, -0.25) is 4.57 Å². The van der Waals surface area contributed by atoms with Gasteiger partial charge in [-0.1, -0.05) is 0 Å². The summed E-state index contributed by atoms with van der Waals surface area (Å²) in [5, 5.41) is 0. The number of aromatic amines is 1. The van der Waals surface area contributed by atoms with E-state index in [9.17, 15) is 9.18 Å². The van der Waals surface area contributed by atoms with Crippen LogP contribution in [0.4, 0.5) is 4.39 Å². The number of nitrogens with zero attached hydrogens (tertiary/aromatic N) is 1. The van der Waals surface area contributed by atoms with Gasteiger partial charge in [-0.05, 0) is 37.5 Å². The lowest BCUT2D eigenvalue weighted by Crippen LogP contribution is -2.26. The van der Waals surface area contributed by atoms with Gasteiger partial charge in [-0.15, -0.1) is 0 Å². The summed E-state index contributed by atoms with van der Waals surface area (Å²) in [7, 11) is 0. The van der Waals surface area contributed by atoms with E-state index < -0.39 is 0 Å². The van der Waals surface area contributed by atoms with E-state index in [1.807, 2.05) is 0 Å². The van der Waals surface area contributed by atoms with Gasteiger partial charge in [0, 0.05) is 6.61 Å². The maximum absolute atomic E-state index is 13.1. The van der Waals surface area contributed by atoms with Crippen LogP contribution in [0.1, 0.15) is 25.5 Å². The van der Waals surface area contributed by atoms with Crippen molar-refractivity contribution >= 4 is 11.0 Å². The van der Waals surface area contributed by atoms with Gasteiger partial charge < -0.3 is 9.72 Å². The second kappa shape index (κ2) is 4.00. The fourth-order valence-corrected chi connectivity index (χ4v) is 2.32. The molecule has 1 aliphatic rings. The van der Waals surface area contributed by atoms with Crippen molar-refractivity contribution in [1.29, 1.82) is 0 Å². The molecule has 2 heterocycles. The largest absolute Gasteiger partial charge is 0.358 e. The van der Waals surface area contributed by atoms with E-state index >= 15 is 0 Å². The van der Waals surface area contributed by atoms with Gasteiger partial charge in [-0.2, -0.15) is 0 Å². The maximum Gasteiger partial charge on any atom is 0.328 e. The van der Waals surface area contributed by atoms with Gasteiger partial charge in [0.15, 0.2) is 0 Å². The highest BCUT2D eigenvalue weighted by atomic mass is 19.1. The van der Waals surface area contributed by atoms with Crippen LogP contribution in [0.5, 0.6) is 0 Å². The molecule has 0 bridgehead atoms. The smallest absolute Gasteiger partial charge is 0.328 e. The lowest BCUT2D eigenvalue weighted by atomic mass is 10.2. The average Bonchev–Trinajstić information content (AvgIpc) is 2.65. The molecule has 1 atom stereocenters. The predicted octanol–water partition coefficient (Wildman–Crippen LogP) is 2.17. The Labute approximate surface area is 97.0 Å². The number of nitrogens with one attached hydrogen (secondary N) is 1. The fourth-order valence-electron chi connectivity index (χ4n) is 2.32. The Morgan fingerprint density at radius 1 is 1.41 bits per heavy atom. The van der Waals surface area contributed by atoms with Crippen LogP contribution < -0.4 is 5.69 Å². The molecule has 1 aromatic carbocycles. The van der Waals surface area contributed by atoms with E-state index in [0.717, 1.165) is 19.3 Å². The highest BCUT2D eigenvalue weighted by molar-refractivity contribution is 5.75. The molecule has 0 radical (unpaired) electrons. The molecule has 0 saturated carbocycles. The van der Waals surface area contributed by atoms with Crippen LogP contribution >= 0.6 is 0 Å². The van der Waals surface area contributed by atoms with Crippen LogP contribution in [0.3, 0.4) is 0 Å². The Bertz CT molecular complexity index is 596. The molecule has 5 heteroatoms. The number of ether oxygens (including phenoxy) is 1. The molecule has 1 fully saturated rings. The zero-order valence-corrected chi connectivity index (χ0v) is 9.28. The van der Waals surface area contributed by atoms with E-state index in [2.05, 4.69) is 4.98 Å². The summed E-state index contributed by atoms with van der Waals surface area (Å²) in [6.07, 6.45) is 2.67. The molecule has 1 saturated heterocycles. The molecule has 4 nitrogen and oxygen atoms in total. The van der Waals surface area contributed by atoms with Crippen LogP contribution in [0.2, 0.25) is 0 Å². The van der Waals surface area contributed by atoms with Crippen molar-refractivity contribution < 1.29 is 9.13 Å². The number of H-pyrrole nitrogens is 1. The Hall–Kier alpha value is -1.62. The summed E-state index contributed by atoms with van der Waals surface area (Å²) < 4.78 is 20.2.